The first kappa shape index (κ1) is 45.3. The largest absolute Gasteiger partial charge is 0.483 e. The van der Waals surface area contributed by atoms with E-state index < -0.39 is 35.4 Å². The van der Waals surface area contributed by atoms with E-state index in [1.54, 1.807) is 13.2 Å². The fraction of sp³-hybridized carbons (Fsp3) is 0.351. The second-order valence-electron chi connectivity index (χ2n) is 18.3. The number of esters is 2. The maximum Gasteiger partial charge on any atom is 0.339 e. The molecule has 9 rings (SSSR count). The standard InChI is InChI=1S/C57H60O8/c1-38(2)48-28-26-40-20-22-43(23-21-40)35-45(25-24-42-17-11-18-44(34-42)33-41-15-9-6-10-16-41)36-50(58)62-53-51-49(29-27-46-37-47(30-32-61-4)55(59)63-52(46)51)65-57(3,54(53)64-56(48)60)31-12-19-39-13-7-5-8-14-39/h5-11,13-18,20-23,27,29,34,37,45,53-54H,12,19,24-26,28,30-33,35-36H2,1-4H3. The van der Waals surface area contributed by atoms with E-state index in [2.05, 4.69) is 84.9 Å². The molecule has 2 bridgehead atoms. The molecule has 8 nitrogen and oxygen atoms in total. The average molecular weight is 873 g/mol. The van der Waals surface area contributed by atoms with E-state index in [4.69, 9.17) is 23.4 Å². The van der Waals surface area contributed by atoms with E-state index in [1.807, 2.05) is 57.2 Å². The van der Waals surface area contributed by atoms with Crippen molar-refractivity contribution >= 4 is 22.9 Å². The Hall–Kier alpha value is -6.25. The van der Waals surface area contributed by atoms with Crippen molar-refractivity contribution in [2.24, 2.45) is 5.92 Å². The van der Waals surface area contributed by atoms with Crippen LogP contribution in [0.1, 0.15) is 103 Å². The van der Waals surface area contributed by atoms with Gasteiger partial charge in [-0.15, -0.1) is 0 Å². The van der Waals surface area contributed by atoms with Crippen LogP contribution in [0, 0.1) is 5.92 Å². The number of ether oxygens (including phenoxy) is 4. The summed E-state index contributed by atoms with van der Waals surface area (Å²) in [6.45, 7) is 6.12. The number of fused-ring (bicyclic) bond motifs is 13. The van der Waals surface area contributed by atoms with E-state index in [1.165, 1.54) is 22.3 Å². The highest BCUT2D eigenvalue weighted by atomic mass is 16.6. The molecule has 0 spiro atoms. The zero-order valence-corrected chi connectivity index (χ0v) is 38.1. The number of aryl methyl sites for hydroxylation is 3. The fourth-order valence-electron chi connectivity index (χ4n) is 9.53. The quantitative estimate of drug-likeness (QED) is 0.0681. The number of hydrogen-bond donors (Lipinski definition) is 0. The minimum atomic E-state index is -1.14. The Morgan fingerprint density at radius 2 is 1.42 bits per heavy atom. The van der Waals surface area contributed by atoms with E-state index in [0.717, 1.165) is 42.4 Å². The van der Waals surface area contributed by atoms with Gasteiger partial charge in [0.05, 0.1) is 12.2 Å². The van der Waals surface area contributed by atoms with Crippen molar-refractivity contribution in [3.8, 4) is 5.75 Å². The second-order valence-corrected chi connectivity index (χ2v) is 18.3. The molecule has 0 radical (unpaired) electrons. The summed E-state index contributed by atoms with van der Waals surface area (Å²) in [5.41, 5.74) is 7.99. The van der Waals surface area contributed by atoms with Gasteiger partial charge in [-0.2, -0.15) is 0 Å². The lowest BCUT2D eigenvalue weighted by molar-refractivity contribution is -0.192. The van der Waals surface area contributed by atoms with Crippen molar-refractivity contribution in [2.75, 3.05) is 13.7 Å². The monoisotopic (exact) mass is 872 g/mol. The second kappa shape index (κ2) is 20.7. The van der Waals surface area contributed by atoms with Gasteiger partial charge in [0.15, 0.2) is 12.2 Å². The normalized spacial score (nSPS) is 20.1. The molecule has 0 aliphatic carbocycles. The molecular weight excluding hydrogens is 813 g/mol. The number of benzene rings is 5. The summed E-state index contributed by atoms with van der Waals surface area (Å²) in [6.07, 6.45) is 4.38. The van der Waals surface area contributed by atoms with E-state index in [0.29, 0.717) is 73.0 Å². The molecule has 0 N–H and O–H groups in total. The van der Waals surface area contributed by atoms with E-state index in [9.17, 15) is 14.4 Å². The summed E-state index contributed by atoms with van der Waals surface area (Å²) in [5.74, 6) is -0.568. The molecule has 65 heavy (non-hydrogen) atoms. The lowest BCUT2D eigenvalue weighted by atomic mass is 9.82. The van der Waals surface area contributed by atoms with Gasteiger partial charge in [0.1, 0.15) is 16.9 Å². The molecule has 0 saturated heterocycles. The van der Waals surface area contributed by atoms with Crippen LogP contribution in [-0.2, 0) is 62.3 Å². The minimum absolute atomic E-state index is 0.0670. The highest BCUT2D eigenvalue weighted by molar-refractivity contribution is 5.90. The summed E-state index contributed by atoms with van der Waals surface area (Å²) in [5, 5.41) is 0.638. The van der Waals surface area contributed by atoms with E-state index >= 15 is 0 Å². The lowest BCUT2D eigenvalue weighted by Gasteiger charge is -2.45. The average Bonchev–Trinajstić information content (AvgIpc) is 3.29. The van der Waals surface area contributed by atoms with Crippen LogP contribution in [0.4, 0.5) is 0 Å². The lowest BCUT2D eigenvalue weighted by Crippen LogP contribution is -2.54. The minimum Gasteiger partial charge on any atom is -0.483 e. The zero-order valence-electron chi connectivity index (χ0n) is 38.1. The van der Waals surface area contributed by atoms with E-state index in [-0.39, 0.29) is 17.9 Å². The molecule has 1 aromatic heterocycles. The Balaban J connectivity index is 1.18. The Bertz CT molecular complexity index is 2680. The van der Waals surface area contributed by atoms with Crippen LogP contribution in [-0.4, -0.2) is 37.4 Å². The van der Waals surface area contributed by atoms with Gasteiger partial charge in [0.2, 0.25) is 0 Å². The molecule has 4 unspecified atom stereocenters. The molecule has 0 saturated carbocycles. The highest BCUT2D eigenvalue weighted by Gasteiger charge is 2.52. The third-order valence-electron chi connectivity index (χ3n) is 13.1. The number of hydrogen-bond acceptors (Lipinski definition) is 8. The first-order valence-corrected chi connectivity index (χ1v) is 23.1. The summed E-state index contributed by atoms with van der Waals surface area (Å²) < 4.78 is 31.8. The molecule has 4 atom stereocenters. The van der Waals surface area contributed by atoms with Crippen molar-refractivity contribution in [1.29, 1.82) is 0 Å². The summed E-state index contributed by atoms with van der Waals surface area (Å²) >= 11 is 0. The highest BCUT2D eigenvalue weighted by Crippen LogP contribution is 2.49. The van der Waals surface area contributed by atoms with Gasteiger partial charge in [-0.3, -0.25) is 4.79 Å². The van der Waals surface area contributed by atoms with Gasteiger partial charge in [-0.05, 0) is 136 Å². The van der Waals surface area contributed by atoms with Crippen LogP contribution < -0.4 is 10.4 Å². The summed E-state index contributed by atoms with van der Waals surface area (Å²) in [4.78, 5) is 43.0. The van der Waals surface area contributed by atoms with Crippen molar-refractivity contribution in [2.45, 2.75) is 109 Å². The van der Waals surface area contributed by atoms with Crippen LogP contribution in [0.15, 0.2) is 148 Å². The van der Waals surface area contributed by atoms with Gasteiger partial charge in [-0.25, -0.2) is 9.59 Å². The van der Waals surface area contributed by atoms with Crippen molar-refractivity contribution in [1.82, 2.24) is 0 Å². The Morgan fingerprint density at radius 1 is 0.708 bits per heavy atom. The SMILES string of the molecule is COCCc1cc2ccc3c(c2oc1=O)C1OC(=O)CC(CCc2cccc(Cc4ccccc4)c2)Cc2ccc(cc2)CCC(=C(C)C)C(=O)OC1C(C)(CCCc1ccccc1)O3. The maximum atomic E-state index is 14.8. The Morgan fingerprint density at radius 3 is 2.15 bits per heavy atom. The summed E-state index contributed by atoms with van der Waals surface area (Å²) in [7, 11) is 1.59. The van der Waals surface area contributed by atoms with Crippen molar-refractivity contribution in [3.05, 3.63) is 193 Å². The smallest absolute Gasteiger partial charge is 0.339 e. The molecule has 6 aromatic rings. The maximum absolute atomic E-state index is 14.8. The zero-order chi connectivity index (χ0) is 45.3. The molecule has 4 heterocycles. The number of methoxy groups -OCH3 is 1. The third-order valence-corrected chi connectivity index (χ3v) is 13.1. The predicted octanol–water partition coefficient (Wildman–Crippen LogP) is 11.4. The number of allylic oxidation sites excluding steroid dienone is 1. The topological polar surface area (TPSA) is 101 Å². The number of carbonyl (C=O) groups excluding carboxylic acids is 2. The molecule has 8 heteroatoms. The van der Waals surface area contributed by atoms with Crippen LogP contribution >= 0.6 is 0 Å². The van der Waals surface area contributed by atoms with Gasteiger partial charge in [0.25, 0.3) is 0 Å². The van der Waals surface area contributed by atoms with Crippen LogP contribution in [0.3, 0.4) is 0 Å². The number of rotatable bonds is 12. The van der Waals surface area contributed by atoms with Gasteiger partial charge in [-0.1, -0.05) is 115 Å². The molecule has 336 valence electrons. The molecule has 0 amide bonds. The number of carbonyl (C=O) groups is 2. The first-order valence-electron chi connectivity index (χ1n) is 23.1. The third kappa shape index (κ3) is 11.2. The fourth-order valence-corrected chi connectivity index (χ4v) is 9.53. The Kier molecular flexibility index (Phi) is 14.4. The van der Waals surface area contributed by atoms with Crippen molar-refractivity contribution < 1.29 is 33.0 Å². The molecule has 0 fully saturated rings. The van der Waals surface area contributed by atoms with Crippen LogP contribution in [0.5, 0.6) is 5.75 Å². The Labute approximate surface area is 382 Å². The van der Waals surface area contributed by atoms with Crippen LogP contribution in [0.2, 0.25) is 0 Å². The summed E-state index contributed by atoms with van der Waals surface area (Å²) in [6, 6.07) is 43.4. The van der Waals surface area contributed by atoms with Gasteiger partial charge >= 0.3 is 17.6 Å². The predicted molar refractivity (Wildman–Crippen MR) is 254 cm³/mol. The molecule has 3 aliphatic rings. The molecular formula is C57H60O8. The molecule has 3 aliphatic heterocycles. The van der Waals surface area contributed by atoms with Gasteiger partial charge in [0, 0.05) is 36.5 Å². The van der Waals surface area contributed by atoms with Crippen LogP contribution in [0.25, 0.3) is 11.0 Å². The first-order chi connectivity index (χ1) is 31.5. The molecule has 5 aromatic carbocycles. The van der Waals surface area contributed by atoms with Crippen molar-refractivity contribution in [3.63, 3.8) is 0 Å². The van der Waals surface area contributed by atoms with Gasteiger partial charge < -0.3 is 23.4 Å².